The molecule has 2 aromatic carbocycles. The van der Waals surface area contributed by atoms with Gasteiger partial charge in [-0.05, 0) is 47.2 Å². The summed E-state index contributed by atoms with van der Waals surface area (Å²) in [5, 5.41) is 6.76. The number of methoxy groups -OCH3 is 1. The Labute approximate surface area is 200 Å². The molecule has 0 radical (unpaired) electrons. The van der Waals surface area contributed by atoms with Gasteiger partial charge in [-0.25, -0.2) is 4.98 Å². The van der Waals surface area contributed by atoms with Gasteiger partial charge in [-0.15, -0.1) is 11.3 Å². The molecule has 0 saturated carbocycles. The van der Waals surface area contributed by atoms with E-state index in [0.29, 0.717) is 12.1 Å². The van der Waals surface area contributed by atoms with Crippen LogP contribution in [0.25, 0.3) is 0 Å². The minimum Gasteiger partial charge on any atom is -0.497 e. The predicted molar refractivity (Wildman–Crippen MR) is 133 cm³/mol. The van der Waals surface area contributed by atoms with Crippen molar-refractivity contribution in [1.29, 1.82) is 0 Å². The van der Waals surface area contributed by atoms with Crippen molar-refractivity contribution in [2.24, 2.45) is 5.41 Å². The Balaban J connectivity index is 1.76. The zero-order valence-electron chi connectivity index (χ0n) is 19.3. The van der Waals surface area contributed by atoms with E-state index in [9.17, 15) is 8.42 Å². The second kappa shape index (κ2) is 10.6. The Morgan fingerprint density at radius 3 is 2.48 bits per heavy atom. The molecule has 1 aromatic heterocycles. The van der Waals surface area contributed by atoms with E-state index in [4.69, 9.17) is 14.3 Å². The third-order valence-corrected chi connectivity index (χ3v) is 6.41. The summed E-state index contributed by atoms with van der Waals surface area (Å²) in [6, 6.07) is 15.0. The van der Waals surface area contributed by atoms with Crippen LogP contribution in [0, 0.1) is 5.41 Å². The van der Waals surface area contributed by atoms with Crippen molar-refractivity contribution in [3.63, 3.8) is 0 Å². The van der Waals surface area contributed by atoms with Gasteiger partial charge in [-0.2, -0.15) is 8.42 Å². The molecule has 7 nitrogen and oxygen atoms in total. The van der Waals surface area contributed by atoms with Crippen LogP contribution >= 0.6 is 11.3 Å². The first-order valence-corrected chi connectivity index (χ1v) is 13.0. The van der Waals surface area contributed by atoms with Crippen molar-refractivity contribution >= 4 is 27.3 Å². The Bertz CT molecular complexity index is 1150. The van der Waals surface area contributed by atoms with Gasteiger partial charge in [0.05, 0.1) is 24.5 Å². The molecule has 0 aliphatic rings. The maximum Gasteiger partial charge on any atom is 0.357 e. The summed E-state index contributed by atoms with van der Waals surface area (Å²) in [7, 11) is -2.62. The van der Waals surface area contributed by atoms with Crippen LogP contribution in [0.15, 0.2) is 53.9 Å². The average Bonchev–Trinajstić information content (AvgIpc) is 3.19. The lowest BCUT2D eigenvalue weighted by Gasteiger charge is -2.24. The molecule has 178 valence electrons. The Morgan fingerprint density at radius 1 is 1.12 bits per heavy atom. The third kappa shape index (κ3) is 8.43. The van der Waals surface area contributed by atoms with Gasteiger partial charge in [0.25, 0.3) is 0 Å². The van der Waals surface area contributed by atoms with Crippen LogP contribution in [-0.4, -0.2) is 31.6 Å². The summed E-state index contributed by atoms with van der Waals surface area (Å²) in [6.45, 7) is 7.37. The van der Waals surface area contributed by atoms with E-state index < -0.39 is 10.3 Å². The van der Waals surface area contributed by atoms with Crippen LogP contribution in [0.5, 0.6) is 5.75 Å². The Kier molecular flexibility index (Phi) is 8.12. The highest BCUT2D eigenvalue weighted by atomic mass is 32.2. The van der Waals surface area contributed by atoms with Crippen LogP contribution in [-0.2, 0) is 23.1 Å². The number of thiazole rings is 1. The van der Waals surface area contributed by atoms with Gasteiger partial charge < -0.3 is 10.1 Å². The van der Waals surface area contributed by atoms with Gasteiger partial charge in [0, 0.05) is 18.3 Å². The molecule has 33 heavy (non-hydrogen) atoms. The van der Waals surface area contributed by atoms with Gasteiger partial charge in [0.15, 0.2) is 0 Å². The first-order chi connectivity index (χ1) is 15.5. The summed E-state index contributed by atoms with van der Waals surface area (Å²) >= 11 is 1.64. The zero-order chi connectivity index (χ0) is 24.1. The summed E-state index contributed by atoms with van der Waals surface area (Å²) < 4.78 is 38.4. The smallest absolute Gasteiger partial charge is 0.357 e. The number of nitrogens with zero attached hydrogens (tertiary/aromatic N) is 1. The summed E-state index contributed by atoms with van der Waals surface area (Å²) in [4.78, 5) is 4.91. The molecule has 3 rings (SSSR count). The van der Waals surface area contributed by atoms with Crippen molar-refractivity contribution in [2.75, 3.05) is 18.4 Å². The van der Waals surface area contributed by atoms with Gasteiger partial charge >= 0.3 is 10.3 Å². The van der Waals surface area contributed by atoms with Crippen molar-refractivity contribution in [1.82, 2.24) is 10.3 Å². The Morgan fingerprint density at radius 2 is 1.85 bits per heavy atom. The average molecular weight is 490 g/mol. The van der Waals surface area contributed by atoms with Crippen molar-refractivity contribution < 1.29 is 17.7 Å². The number of hydrogen-bond donors (Lipinski definition) is 3. The monoisotopic (exact) mass is 489 g/mol. The molecule has 9 heteroatoms. The summed E-state index contributed by atoms with van der Waals surface area (Å²) in [5.41, 5.74) is 3.62. The molecule has 3 aromatic rings. The fourth-order valence-corrected chi connectivity index (χ4v) is 4.65. The fraction of sp³-hybridized carbons (Fsp3) is 0.375. The molecule has 3 N–H and O–H groups in total. The number of hydrogen-bond acceptors (Lipinski definition) is 6. The molecule has 1 atom stereocenters. The van der Waals surface area contributed by atoms with E-state index in [1.54, 1.807) is 30.6 Å². The lowest BCUT2D eigenvalue weighted by molar-refractivity contribution is 0.351. The number of ether oxygens (including phenoxy) is 1. The fourth-order valence-electron chi connectivity index (χ4n) is 3.33. The highest BCUT2D eigenvalue weighted by Gasteiger charge is 2.20. The molecule has 0 aliphatic carbocycles. The lowest BCUT2D eigenvalue weighted by Crippen LogP contribution is -2.31. The van der Waals surface area contributed by atoms with Crippen LogP contribution in [0.3, 0.4) is 0 Å². The maximum absolute atomic E-state index is 11.0. The second-order valence-electron chi connectivity index (χ2n) is 9.18. The highest BCUT2D eigenvalue weighted by Crippen LogP contribution is 2.26. The summed E-state index contributed by atoms with van der Waals surface area (Å²) in [6.07, 6.45) is 1.43. The van der Waals surface area contributed by atoms with E-state index in [2.05, 4.69) is 42.3 Å². The number of rotatable bonds is 10. The van der Waals surface area contributed by atoms with Gasteiger partial charge in [0.2, 0.25) is 0 Å². The molecule has 0 fully saturated rings. The zero-order valence-corrected chi connectivity index (χ0v) is 21.0. The van der Waals surface area contributed by atoms with E-state index >= 15 is 0 Å². The largest absolute Gasteiger partial charge is 0.497 e. The molecule has 0 aliphatic heterocycles. The highest BCUT2D eigenvalue weighted by molar-refractivity contribution is 7.87. The van der Waals surface area contributed by atoms with Gasteiger partial charge in [0.1, 0.15) is 10.8 Å². The number of anilines is 1. The Hall–Kier alpha value is -2.46. The summed E-state index contributed by atoms with van der Waals surface area (Å²) in [5.74, 6) is 0.833. The van der Waals surface area contributed by atoms with Crippen molar-refractivity contribution in [3.05, 3.63) is 75.7 Å². The van der Waals surface area contributed by atoms with Crippen LogP contribution in [0.1, 0.15) is 48.6 Å². The lowest BCUT2D eigenvalue weighted by atomic mass is 9.96. The number of nitrogens with one attached hydrogen (secondary N) is 2. The quantitative estimate of drug-likeness (QED) is 0.351. The van der Waals surface area contributed by atoms with Gasteiger partial charge in [-0.1, -0.05) is 45.0 Å². The standard InChI is InChI=1S/C24H31N3O4S2/c1-24(2,3)16-25-22(14-17-8-10-19(11-9-17)27-33(28,29)30)23-26-20(15-32-23)12-18-6-5-7-21(13-18)31-4/h5-11,13,15,22,25,27H,12,14,16H2,1-4H3,(H,28,29,30). The van der Waals surface area contributed by atoms with Gasteiger partial charge in [-0.3, -0.25) is 9.27 Å². The SMILES string of the molecule is COc1cccc(Cc2csc(C(Cc3ccc(NS(=O)(=O)O)cc3)NCC(C)(C)C)n2)c1. The van der Waals surface area contributed by atoms with Crippen LogP contribution in [0.2, 0.25) is 0 Å². The molecule has 1 unspecified atom stereocenters. The third-order valence-electron chi connectivity index (χ3n) is 4.91. The topological polar surface area (TPSA) is 101 Å². The molecule has 0 bridgehead atoms. The van der Waals surface area contributed by atoms with Crippen LogP contribution in [0.4, 0.5) is 5.69 Å². The molecule has 0 amide bonds. The van der Waals surface area contributed by atoms with E-state index in [0.717, 1.165) is 40.5 Å². The number of aromatic nitrogens is 1. The van der Waals surface area contributed by atoms with E-state index in [1.807, 2.05) is 30.3 Å². The molecule has 0 spiro atoms. The minimum absolute atomic E-state index is 0.0219. The molecular formula is C24H31N3O4S2. The second-order valence-corrected chi connectivity index (χ2v) is 11.2. The molecular weight excluding hydrogens is 458 g/mol. The molecule has 0 saturated heterocycles. The normalized spacial score (nSPS) is 13.0. The van der Waals surface area contributed by atoms with E-state index in [1.165, 1.54) is 0 Å². The first kappa shape index (κ1) is 25.2. The number of benzene rings is 2. The molecule has 1 heterocycles. The van der Waals surface area contributed by atoms with Crippen molar-refractivity contribution in [3.8, 4) is 5.75 Å². The predicted octanol–water partition coefficient (Wildman–Crippen LogP) is 4.88. The maximum atomic E-state index is 11.0. The van der Waals surface area contributed by atoms with Crippen molar-refractivity contribution in [2.45, 2.75) is 39.7 Å². The van der Waals surface area contributed by atoms with E-state index in [-0.39, 0.29) is 11.5 Å². The minimum atomic E-state index is -4.29. The first-order valence-electron chi connectivity index (χ1n) is 10.7. The van der Waals surface area contributed by atoms with Crippen LogP contribution < -0.4 is 14.8 Å².